The number of aliphatic hydroxyl groups is 1. The molecule has 0 radical (unpaired) electrons. The lowest BCUT2D eigenvalue weighted by molar-refractivity contribution is -0.143. The molecule has 0 saturated carbocycles. The number of rotatable bonds is 2. The molecule has 1 aliphatic rings. The molecule has 82 valence electrons. The topological polar surface area (TPSA) is 75.3 Å². The molecule has 2 rings (SSSR count). The third kappa shape index (κ3) is 1.63. The van der Waals surface area contributed by atoms with Crippen molar-refractivity contribution in [3.63, 3.8) is 0 Å². The smallest absolute Gasteiger partial charge is 0.306 e. The lowest BCUT2D eigenvalue weighted by Crippen LogP contribution is -2.33. The lowest BCUT2D eigenvalue weighted by Gasteiger charge is -2.30. The molecule has 0 saturated heterocycles. The third-order valence-electron chi connectivity index (χ3n) is 3.01. The number of carboxylic acid groups (broad SMARTS) is 1. The molecule has 0 bridgehead atoms. The number of hydrogen-bond acceptors (Lipinski definition) is 3. The quantitative estimate of drug-likeness (QED) is 0.741. The van der Waals surface area contributed by atoms with Crippen molar-refractivity contribution >= 4 is 5.97 Å². The molecule has 1 aromatic rings. The summed E-state index contributed by atoms with van der Waals surface area (Å²) >= 11 is 0. The Hall–Kier alpha value is -1.36. The van der Waals surface area contributed by atoms with Crippen LogP contribution in [-0.2, 0) is 23.9 Å². The van der Waals surface area contributed by atoms with Crippen LogP contribution in [0.3, 0.4) is 0 Å². The van der Waals surface area contributed by atoms with Gasteiger partial charge in [0.15, 0.2) is 0 Å². The van der Waals surface area contributed by atoms with Crippen LogP contribution in [-0.4, -0.2) is 26.0 Å². The molecule has 1 heterocycles. The second-order valence-electron chi connectivity index (χ2n) is 4.08. The summed E-state index contributed by atoms with van der Waals surface area (Å²) in [4.78, 5) is 10.7. The molecule has 5 nitrogen and oxygen atoms in total. The first-order valence-corrected chi connectivity index (χ1v) is 4.98. The molecule has 15 heavy (non-hydrogen) atoms. The zero-order valence-corrected chi connectivity index (χ0v) is 8.60. The Labute approximate surface area is 87.3 Å². The van der Waals surface area contributed by atoms with Crippen LogP contribution < -0.4 is 0 Å². The molecule has 1 atom stereocenters. The molecule has 1 aromatic heterocycles. The van der Waals surface area contributed by atoms with Crippen LogP contribution in [0.1, 0.15) is 30.5 Å². The molecule has 0 aliphatic heterocycles. The summed E-state index contributed by atoms with van der Waals surface area (Å²) in [6.45, 7) is 0. The van der Waals surface area contributed by atoms with Crippen molar-refractivity contribution in [1.29, 1.82) is 0 Å². The van der Waals surface area contributed by atoms with E-state index in [1.54, 1.807) is 10.9 Å². The number of aryl methyl sites for hydroxylation is 1. The van der Waals surface area contributed by atoms with Gasteiger partial charge in [0.2, 0.25) is 0 Å². The number of nitrogens with zero attached hydrogens (tertiary/aromatic N) is 2. The minimum absolute atomic E-state index is 0.244. The van der Waals surface area contributed by atoms with Crippen molar-refractivity contribution in [3.8, 4) is 0 Å². The molecule has 0 amide bonds. The van der Waals surface area contributed by atoms with E-state index in [4.69, 9.17) is 5.11 Å². The third-order valence-corrected chi connectivity index (χ3v) is 3.01. The van der Waals surface area contributed by atoms with Crippen molar-refractivity contribution < 1.29 is 15.0 Å². The van der Waals surface area contributed by atoms with Gasteiger partial charge in [0.1, 0.15) is 5.60 Å². The number of fused-ring (bicyclic) bond motifs is 1. The van der Waals surface area contributed by atoms with Crippen LogP contribution in [0.15, 0.2) is 6.20 Å². The zero-order valence-electron chi connectivity index (χ0n) is 8.60. The van der Waals surface area contributed by atoms with Crippen molar-refractivity contribution in [3.05, 3.63) is 17.5 Å². The summed E-state index contributed by atoms with van der Waals surface area (Å²) < 4.78 is 1.71. The molecule has 1 aliphatic carbocycles. The fourth-order valence-electron chi connectivity index (χ4n) is 2.26. The Morgan fingerprint density at radius 3 is 3.13 bits per heavy atom. The van der Waals surface area contributed by atoms with Gasteiger partial charge in [-0.1, -0.05) is 0 Å². The van der Waals surface area contributed by atoms with E-state index in [0.717, 1.165) is 18.5 Å². The van der Waals surface area contributed by atoms with Crippen molar-refractivity contribution in [2.24, 2.45) is 7.05 Å². The predicted molar refractivity (Wildman–Crippen MR) is 52.3 cm³/mol. The van der Waals surface area contributed by atoms with Gasteiger partial charge in [-0.2, -0.15) is 5.10 Å². The summed E-state index contributed by atoms with van der Waals surface area (Å²) in [6.07, 6.45) is 3.49. The monoisotopic (exact) mass is 210 g/mol. The molecule has 2 N–H and O–H groups in total. The second kappa shape index (κ2) is 3.34. The molecule has 0 aromatic carbocycles. The molecule has 0 spiro atoms. The first-order chi connectivity index (χ1) is 7.03. The van der Waals surface area contributed by atoms with Gasteiger partial charge in [0.25, 0.3) is 0 Å². The van der Waals surface area contributed by atoms with Crippen LogP contribution in [0.25, 0.3) is 0 Å². The summed E-state index contributed by atoms with van der Waals surface area (Å²) in [6, 6.07) is 0. The molecule has 5 heteroatoms. The highest BCUT2D eigenvalue weighted by molar-refractivity contribution is 5.68. The van der Waals surface area contributed by atoms with E-state index >= 15 is 0 Å². The van der Waals surface area contributed by atoms with E-state index in [-0.39, 0.29) is 6.42 Å². The lowest BCUT2D eigenvalue weighted by atomic mass is 9.80. The normalized spacial score (nSPS) is 24.9. The Balaban J connectivity index is 2.40. The van der Waals surface area contributed by atoms with E-state index < -0.39 is 11.6 Å². The average Bonchev–Trinajstić information content (AvgIpc) is 2.48. The van der Waals surface area contributed by atoms with Crippen LogP contribution in [0, 0.1) is 0 Å². The average molecular weight is 210 g/mol. The van der Waals surface area contributed by atoms with Gasteiger partial charge < -0.3 is 10.2 Å². The number of aliphatic carboxylic acids is 1. The molecule has 1 unspecified atom stereocenters. The van der Waals surface area contributed by atoms with Gasteiger partial charge in [0.05, 0.1) is 12.6 Å². The summed E-state index contributed by atoms with van der Waals surface area (Å²) in [7, 11) is 1.81. The minimum atomic E-state index is -1.23. The SMILES string of the molecule is Cn1ncc2c1CCCC2(O)CC(=O)O. The van der Waals surface area contributed by atoms with Crippen molar-refractivity contribution in [1.82, 2.24) is 9.78 Å². The number of hydrogen-bond donors (Lipinski definition) is 2. The first kappa shape index (κ1) is 10.2. The Bertz CT molecular complexity index is 399. The fourth-order valence-corrected chi connectivity index (χ4v) is 2.26. The maximum atomic E-state index is 10.7. The summed E-state index contributed by atoms with van der Waals surface area (Å²) in [5.74, 6) is -0.978. The van der Waals surface area contributed by atoms with E-state index in [1.165, 1.54) is 0 Å². The van der Waals surface area contributed by atoms with E-state index in [1.807, 2.05) is 7.05 Å². The first-order valence-electron chi connectivity index (χ1n) is 4.98. The van der Waals surface area contributed by atoms with Crippen LogP contribution in [0.5, 0.6) is 0 Å². The Morgan fingerprint density at radius 2 is 2.47 bits per heavy atom. The van der Waals surface area contributed by atoms with Gasteiger partial charge in [-0.25, -0.2) is 0 Å². The Morgan fingerprint density at radius 1 is 1.73 bits per heavy atom. The van der Waals surface area contributed by atoms with Crippen molar-refractivity contribution in [2.75, 3.05) is 0 Å². The number of carboxylic acids is 1. The van der Waals surface area contributed by atoms with Gasteiger partial charge in [-0.05, 0) is 19.3 Å². The van der Waals surface area contributed by atoms with Crippen LogP contribution in [0.2, 0.25) is 0 Å². The number of carbonyl (C=O) groups is 1. The zero-order chi connectivity index (χ0) is 11.1. The van der Waals surface area contributed by atoms with Gasteiger partial charge >= 0.3 is 5.97 Å². The summed E-state index contributed by atoms with van der Waals surface area (Å²) in [5, 5.41) is 23.1. The standard InChI is InChI=1S/C10H14N2O3/c1-12-8-3-2-4-10(15,5-9(13)14)7(8)6-11-12/h6,15H,2-5H2,1H3,(H,13,14). The predicted octanol–water partition coefficient (Wildman–Crippen LogP) is 0.419. The fraction of sp³-hybridized carbons (Fsp3) is 0.600. The highest BCUT2D eigenvalue weighted by Gasteiger charge is 2.38. The van der Waals surface area contributed by atoms with E-state index in [0.29, 0.717) is 12.0 Å². The van der Waals surface area contributed by atoms with Crippen molar-refractivity contribution in [2.45, 2.75) is 31.3 Å². The largest absolute Gasteiger partial charge is 0.481 e. The molecular weight excluding hydrogens is 196 g/mol. The summed E-state index contributed by atoms with van der Waals surface area (Å²) in [5.41, 5.74) is 0.400. The minimum Gasteiger partial charge on any atom is -0.481 e. The molecular formula is C10H14N2O3. The molecule has 0 fully saturated rings. The van der Waals surface area contributed by atoms with Gasteiger partial charge in [-0.3, -0.25) is 9.48 Å². The maximum absolute atomic E-state index is 10.7. The van der Waals surface area contributed by atoms with Gasteiger partial charge in [0, 0.05) is 18.3 Å². The van der Waals surface area contributed by atoms with Gasteiger partial charge in [-0.15, -0.1) is 0 Å². The second-order valence-corrected chi connectivity index (χ2v) is 4.08. The van der Waals surface area contributed by atoms with Crippen LogP contribution in [0.4, 0.5) is 0 Å². The van der Waals surface area contributed by atoms with E-state index in [2.05, 4.69) is 5.10 Å². The van der Waals surface area contributed by atoms with Crippen LogP contribution >= 0.6 is 0 Å². The maximum Gasteiger partial charge on any atom is 0.306 e. The highest BCUT2D eigenvalue weighted by Crippen LogP contribution is 2.37. The van der Waals surface area contributed by atoms with E-state index in [9.17, 15) is 9.90 Å². The highest BCUT2D eigenvalue weighted by atomic mass is 16.4. The number of aromatic nitrogens is 2. The Kier molecular flexibility index (Phi) is 2.26.